The van der Waals surface area contributed by atoms with Gasteiger partial charge >= 0.3 is 0 Å². The summed E-state index contributed by atoms with van der Waals surface area (Å²) in [4.78, 5) is 13.2. The van der Waals surface area contributed by atoms with Crippen molar-refractivity contribution in [2.24, 2.45) is 5.10 Å². The number of hydrogen-bond donors (Lipinski definition) is 1. The maximum Gasteiger partial charge on any atom is 0.247 e. The number of nitrogens with zero attached hydrogens (tertiary/aromatic N) is 1. The largest absolute Gasteiger partial charge is 0.488 e. The van der Waals surface area contributed by atoms with Gasteiger partial charge in [-0.05, 0) is 53.8 Å². The molecule has 4 aromatic rings. The fourth-order valence-corrected chi connectivity index (χ4v) is 4.22. The molecule has 0 aliphatic carbocycles. The van der Waals surface area contributed by atoms with Gasteiger partial charge in [0.1, 0.15) is 12.4 Å². The van der Waals surface area contributed by atoms with Gasteiger partial charge in [0.2, 0.25) is 5.91 Å². The first-order valence-electron chi connectivity index (χ1n) is 11.5. The van der Waals surface area contributed by atoms with Gasteiger partial charge in [0.05, 0.1) is 12.1 Å². The highest BCUT2D eigenvalue weighted by Gasteiger charge is 2.21. The van der Waals surface area contributed by atoms with Crippen molar-refractivity contribution in [1.82, 2.24) is 5.43 Å². The van der Waals surface area contributed by atoms with E-state index in [9.17, 15) is 4.79 Å². The van der Waals surface area contributed by atoms with E-state index in [1.807, 2.05) is 91.0 Å². The second kappa shape index (κ2) is 12.1. The molecule has 0 heterocycles. The highest BCUT2D eigenvalue weighted by atomic mass is 79.9. The van der Waals surface area contributed by atoms with Crippen LogP contribution in [0.1, 0.15) is 33.7 Å². The fourth-order valence-electron chi connectivity index (χ4n) is 3.84. The number of aryl methyl sites for hydroxylation is 1. The Balaban J connectivity index is 1.49. The van der Waals surface area contributed by atoms with Gasteiger partial charge in [-0.25, -0.2) is 5.43 Å². The Morgan fingerprint density at radius 1 is 0.943 bits per heavy atom. The van der Waals surface area contributed by atoms with Crippen LogP contribution in [0.15, 0.2) is 113 Å². The van der Waals surface area contributed by atoms with Crippen LogP contribution in [0, 0.1) is 6.92 Å². The number of carbonyl (C=O) groups excluding carboxylic acids is 1. The highest BCUT2D eigenvalue weighted by molar-refractivity contribution is 9.10. The van der Waals surface area contributed by atoms with E-state index in [1.54, 1.807) is 6.21 Å². The molecule has 0 saturated carbocycles. The fraction of sp³-hybridized carbons (Fsp3) is 0.133. The second-order valence-corrected chi connectivity index (χ2v) is 9.20. The zero-order chi connectivity index (χ0) is 24.5. The van der Waals surface area contributed by atoms with Crippen molar-refractivity contribution in [2.75, 3.05) is 0 Å². The lowest BCUT2D eigenvalue weighted by Gasteiger charge is -2.17. The van der Waals surface area contributed by atoms with Crippen molar-refractivity contribution in [3.8, 4) is 5.75 Å². The summed E-state index contributed by atoms with van der Waals surface area (Å²) in [7, 11) is 0. The Morgan fingerprint density at radius 3 is 2.37 bits per heavy atom. The molecule has 4 rings (SSSR count). The second-order valence-electron chi connectivity index (χ2n) is 8.28. The third-order valence-electron chi connectivity index (χ3n) is 5.79. The van der Waals surface area contributed by atoms with E-state index in [2.05, 4.69) is 45.5 Å². The molecule has 1 atom stereocenters. The molecule has 35 heavy (non-hydrogen) atoms. The number of nitrogens with one attached hydrogen (secondary N) is 1. The standard InChI is InChI=1S/C30H27BrN2O2/c1-22-10-8-9-15-25(22)19-28(24-13-6-3-7-14-24)30(34)33-32-20-26-18-27(31)16-17-29(26)35-21-23-11-4-2-5-12-23/h2-18,20,28H,19,21H2,1H3,(H,33,34)/b32-20-/t28-/m0/s1. The monoisotopic (exact) mass is 526 g/mol. The summed E-state index contributed by atoms with van der Waals surface area (Å²) in [5, 5.41) is 4.28. The first-order valence-corrected chi connectivity index (χ1v) is 12.3. The minimum atomic E-state index is -0.356. The molecule has 1 amide bonds. The van der Waals surface area contributed by atoms with Gasteiger partial charge in [0.15, 0.2) is 0 Å². The summed E-state index contributed by atoms with van der Waals surface area (Å²) >= 11 is 3.51. The topological polar surface area (TPSA) is 50.7 Å². The molecular formula is C30H27BrN2O2. The van der Waals surface area contributed by atoms with Crippen LogP contribution >= 0.6 is 15.9 Å². The lowest BCUT2D eigenvalue weighted by atomic mass is 9.90. The maximum absolute atomic E-state index is 13.2. The van der Waals surface area contributed by atoms with Crippen LogP contribution in [-0.4, -0.2) is 12.1 Å². The molecule has 0 radical (unpaired) electrons. The summed E-state index contributed by atoms with van der Waals surface area (Å²) in [5.74, 6) is 0.179. The Bertz CT molecular complexity index is 1290. The predicted molar refractivity (Wildman–Crippen MR) is 145 cm³/mol. The van der Waals surface area contributed by atoms with E-state index >= 15 is 0 Å². The van der Waals surface area contributed by atoms with Gasteiger partial charge in [-0.2, -0.15) is 5.10 Å². The van der Waals surface area contributed by atoms with E-state index in [0.29, 0.717) is 18.8 Å². The Hall–Kier alpha value is -3.70. The van der Waals surface area contributed by atoms with Crippen LogP contribution < -0.4 is 10.2 Å². The first-order chi connectivity index (χ1) is 17.1. The smallest absolute Gasteiger partial charge is 0.247 e. The number of halogens is 1. The Morgan fingerprint density at radius 2 is 1.63 bits per heavy atom. The SMILES string of the molecule is Cc1ccccc1C[C@H](C(=O)N/N=C\c1cc(Br)ccc1OCc1ccccc1)c1ccccc1. The van der Waals surface area contributed by atoms with Crippen molar-refractivity contribution in [3.63, 3.8) is 0 Å². The zero-order valence-electron chi connectivity index (χ0n) is 19.5. The molecule has 0 aliphatic heterocycles. The average molecular weight is 527 g/mol. The summed E-state index contributed by atoms with van der Waals surface area (Å²) in [6, 6.07) is 33.7. The molecule has 0 spiro atoms. The first kappa shape index (κ1) is 24.4. The predicted octanol–water partition coefficient (Wildman–Crippen LogP) is 6.81. The third-order valence-corrected chi connectivity index (χ3v) is 6.28. The maximum atomic E-state index is 13.2. The summed E-state index contributed by atoms with van der Waals surface area (Å²) in [5.41, 5.74) is 7.86. The van der Waals surface area contributed by atoms with Crippen molar-refractivity contribution in [3.05, 3.63) is 135 Å². The van der Waals surface area contributed by atoms with Gasteiger partial charge in [-0.3, -0.25) is 4.79 Å². The van der Waals surface area contributed by atoms with Crippen molar-refractivity contribution in [1.29, 1.82) is 0 Å². The minimum absolute atomic E-state index is 0.155. The van der Waals surface area contributed by atoms with Crippen LogP contribution in [0.25, 0.3) is 0 Å². The molecule has 176 valence electrons. The molecule has 5 heteroatoms. The number of hydrazone groups is 1. The summed E-state index contributed by atoms with van der Waals surface area (Å²) in [6.07, 6.45) is 2.22. The lowest BCUT2D eigenvalue weighted by molar-refractivity contribution is -0.122. The number of rotatable bonds is 9. The summed E-state index contributed by atoms with van der Waals surface area (Å²) in [6.45, 7) is 2.51. The average Bonchev–Trinajstić information content (AvgIpc) is 2.89. The van der Waals surface area contributed by atoms with Crippen LogP contribution in [0.5, 0.6) is 5.75 Å². The van der Waals surface area contributed by atoms with Crippen LogP contribution in [0.4, 0.5) is 0 Å². The Labute approximate surface area is 214 Å². The quantitative estimate of drug-likeness (QED) is 0.192. The molecular weight excluding hydrogens is 500 g/mol. The molecule has 0 unspecified atom stereocenters. The van der Waals surface area contributed by atoms with Gasteiger partial charge in [0.25, 0.3) is 0 Å². The normalized spacial score (nSPS) is 11.8. The molecule has 0 saturated heterocycles. The van der Waals surface area contributed by atoms with Crippen LogP contribution in [0.3, 0.4) is 0 Å². The number of amides is 1. The van der Waals surface area contributed by atoms with E-state index in [4.69, 9.17) is 4.74 Å². The molecule has 0 aromatic heterocycles. The van der Waals surface area contributed by atoms with E-state index in [-0.39, 0.29) is 11.8 Å². The molecule has 1 N–H and O–H groups in total. The van der Waals surface area contributed by atoms with Gasteiger partial charge in [-0.1, -0.05) is 101 Å². The number of ether oxygens (including phenoxy) is 1. The molecule has 0 bridgehead atoms. The van der Waals surface area contributed by atoms with Crippen LogP contribution in [0.2, 0.25) is 0 Å². The summed E-state index contributed by atoms with van der Waals surface area (Å²) < 4.78 is 6.92. The zero-order valence-corrected chi connectivity index (χ0v) is 21.1. The number of hydrogen-bond acceptors (Lipinski definition) is 3. The van der Waals surface area contributed by atoms with Crippen molar-refractivity contribution < 1.29 is 9.53 Å². The molecule has 0 aliphatic rings. The highest BCUT2D eigenvalue weighted by Crippen LogP contribution is 2.24. The van der Waals surface area contributed by atoms with E-state index in [0.717, 1.165) is 26.7 Å². The number of benzene rings is 4. The molecule has 4 nitrogen and oxygen atoms in total. The van der Waals surface area contributed by atoms with Gasteiger partial charge < -0.3 is 4.74 Å². The van der Waals surface area contributed by atoms with E-state index in [1.165, 1.54) is 5.56 Å². The number of carbonyl (C=O) groups is 1. The Kier molecular flexibility index (Phi) is 8.47. The van der Waals surface area contributed by atoms with Gasteiger partial charge in [-0.15, -0.1) is 0 Å². The molecule has 4 aromatic carbocycles. The lowest BCUT2D eigenvalue weighted by Crippen LogP contribution is -2.27. The van der Waals surface area contributed by atoms with Gasteiger partial charge in [0, 0.05) is 10.0 Å². The van der Waals surface area contributed by atoms with Crippen molar-refractivity contribution >= 4 is 28.1 Å². The van der Waals surface area contributed by atoms with Crippen LogP contribution in [-0.2, 0) is 17.8 Å². The van der Waals surface area contributed by atoms with E-state index < -0.39 is 0 Å². The third kappa shape index (κ3) is 6.90. The minimum Gasteiger partial charge on any atom is -0.488 e. The van der Waals surface area contributed by atoms with Crippen molar-refractivity contribution in [2.45, 2.75) is 25.9 Å². The molecule has 0 fully saturated rings.